The number of Topliss-reactive ketones (excluding diaryl/α,β-unsaturated/α-hetero) is 1. The lowest BCUT2D eigenvalue weighted by atomic mass is 10.1. The summed E-state index contributed by atoms with van der Waals surface area (Å²) >= 11 is 0. The topological polar surface area (TPSA) is 89.4 Å². The van der Waals surface area contributed by atoms with E-state index in [1.807, 2.05) is 13.8 Å². The number of ketones is 1. The summed E-state index contributed by atoms with van der Waals surface area (Å²) < 4.78 is 5.54. The van der Waals surface area contributed by atoms with Crippen LogP contribution in [-0.4, -0.2) is 32.9 Å². The van der Waals surface area contributed by atoms with E-state index in [4.69, 9.17) is 9.84 Å². The Kier molecular flexibility index (Phi) is 4.50. The predicted molar refractivity (Wildman–Crippen MR) is 80.2 cm³/mol. The van der Waals surface area contributed by atoms with Crippen molar-refractivity contribution in [3.63, 3.8) is 0 Å². The molecule has 1 heterocycles. The molecule has 1 aromatic heterocycles. The predicted octanol–water partition coefficient (Wildman–Crippen LogP) is 2.83. The summed E-state index contributed by atoms with van der Waals surface area (Å²) in [5.74, 6) is -0.686. The Hall–Kier alpha value is -2.76. The van der Waals surface area contributed by atoms with E-state index < -0.39 is 5.97 Å². The van der Waals surface area contributed by atoms with Gasteiger partial charge in [0.05, 0.1) is 11.7 Å². The Labute approximate surface area is 127 Å². The van der Waals surface area contributed by atoms with E-state index in [-0.39, 0.29) is 29.0 Å². The Morgan fingerprint density at radius 2 is 1.82 bits per heavy atom. The molecule has 0 saturated carbocycles. The van der Waals surface area contributed by atoms with Gasteiger partial charge in [0.2, 0.25) is 0 Å². The molecule has 0 bridgehead atoms. The van der Waals surface area contributed by atoms with Gasteiger partial charge in [-0.2, -0.15) is 0 Å². The van der Waals surface area contributed by atoms with Gasteiger partial charge in [0.1, 0.15) is 5.75 Å². The number of carboxylic acid groups (broad SMARTS) is 1. The molecule has 1 N–H and O–H groups in total. The van der Waals surface area contributed by atoms with Crippen LogP contribution < -0.4 is 4.74 Å². The zero-order valence-corrected chi connectivity index (χ0v) is 12.5. The van der Waals surface area contributed by atoms with E-state index in [2.05, 4.69) is 9.97 Å². The van der Waals surface area contributed by atoms with Crippen molar-refractivity contribution in [3.05, 3.63) is 41.7 Å². The molecule has 0 aliphatic carbocycles. The first kappa shape index (κ1) is 15.6. The van der Waals surface area contributed by atoms with Gasteiger partial charge in [0, 0.05) is 11.8 Å². The van der Waals surface area contributed by atoms with E-state index in [9.17, 15) is 9.59 Å². The molecule has 2 aromatic rings. The van der Waals surface area contributed by atoms with Gasteiger partial charge in [-0.1, -0.05) is 0 Å². The number of hydrogen-bond donors (Lipinski definition) is 1. The zero-order valence-electron chi connectivity index (χ0n) is 12.5. The molecule has 6 heteroatoms. The molecule has 0 saturated heterocycles. The van der Waals surface area contributed by atoms with Crippen molar-refractivity contribution in [1.29, 1.82) is 0 Å². The maximum absolute atomic E-state index is 11.4. The minimum Gasteiger partial charge on any atom is -0.491 e. The van der Waals surface area contributed by atoms with Crippen LogP contribution in [0.5, 0.6) is 5.75 Å². The summed E-state index contributed by atoms with van der Waals surface area (Å²) in [6.07, 6.45) is 1.31. The third-order valence-electron chi connectivity index (χ3n) is 2.85. The fraction of sp³-hybridized carbons (Fsp3) is 0.250. The van der Waals surface area contributed by atoms with Crippen molar-refractivity contribution in [1.82, 2.24) is 9.97 Å². The molecule has 0 spiro atoms. The fourth-order valence-corrected chi connectivity index (χ4v) is 1.90. The van der Waals surface area contributed by atoms with Crippen molar-refractivity contribution in [2.75, 3.05) is 0 Å². The smallest absolute Gasteiger partial charge is 0.355 e. The Balaban J connectivity index is 2.38. The molecule has 114 valence electrons. The van der Waals surface area contributed by atoms with Gasteiger partial charge in [-0.3, -0.25) is 4.79 Å². The van der Waals surface area contributed by atoms with Crippen molar-refractivity contribution in [3.8, 4) is 17.1 Å². The van der Waals surface area contributed by atoms with Crippen molar-refractivity contribution in [2.24, 2.45) is 0 Å². The zero-order chi connectivity index (χ0) is 16.3. The summed E-state index contributed by atoms with van der Waals surface area (Å²) in [7, 11) is 0. The van der Waals surface area contributed by atoms with Gasteiger partial charge in [-0.05, 0) is 45.0 Å². The van der Waals surface area contributed by atoms with Crippen LogP contribution in [0.1, 0.15) is 41.6 Å². The highest BCUT2D eigenvalue weighted by atomic mass is 16.5. The number of ether oxygens (including phenoxy) is 1. The Morgan fingerprint density at radius 1 is 1.18 bits per heavy atom. The fourth-order valence-electron chi connectivity index (χ4n) is 1.90. The lowest BCUT2D eigenvalue weighted by Crippen LogP contribution is -2.11. The SMILES string of the molecule is CC(=O)c1cnc(-c2ccc(OC(C)C)cc2)nc1C(=O)O. The van der Waals surface area contributed by atoms with Gasteiger partial charge < -0.3 is 9.84 Å². The number of hydrogen-bond acceptors (Lipinski definition) is 5. The number of carbonyl (C=O) groups excluding carboxylic acids is 1. The minimum absolute atomic E-state index is 0.00369. The normalized spacial score (nSPS) is 10.5. The lowest BCUT2D eigenvalue weighted by molar-refractivity contribution is 0.0685. The number of nitrogens with zero attached hydrogens (tertiary/aromatic N) is 2. The molecule has 0 radical (unpaired) electrons. The van der Waals surface area contributed by atoms with E-state index in [1.54, 1.807) is 24.3 Å². The van der Waals surface area contributed by atoms with Gasteiger partial charge in [0.25, 0.3) is 0 Å². The van der Waals surface area contributed by atoms with Gasteiger partial charge >= 0.3 is 5.97 Å². The van der Waals surface area contributed by atoms with E-state index in [1.165, 1.54) is 13.1 Å². The van der Waals surface area contributed by atoms with Crippen LogP contribution in [0.4, 0.5) is 0 Å². The number of aromatic nitrogens is 2. The summed E-state index contributed by atoms with van der Waals surface area (Å²) in [5, 5.41) is 9.17. The molecule has 6 nitrogen and oxygen atoms in total. The van der Waals surface area contributed by atoms with Crippen LogP contribution in [0, 0.1) is 0 Å². The van der Waals surface area contributed by atoms with Crippen LogP contribution >= 0.6 is 0 Å². The quantitative estimate of drug-likeness (QED) is 0.854. The van der Waals surface area contributed by atoms with Crippen LogP contribution in [0.25, 0.3) is 11.4 Å². The summed E-state index contributed by atoms with van der Waals surface area (Å²) in [6, 6.07) is 7.01. The van der Waals surface area contributed by atoms with E-state index in [0.717, 1.165) is 0 Å². The van der Waals surface area contributed by atoms with Crippen molar-refractivity contribution >= 4 is 11.8 Å². The van der Waals surface area contributed by atoms with Gasteiger partial charge in [-0.25, -0.2) is 14.8 Å². The summed E-state index contributed by atoms with van der Waals surface area (Å²) in [4.78, 5) is 30.7. The first-order chi connectivity index (χ1) is 10.4. The summed E-state index contributed by atoms with van der Waals surface area (Å²) in [5.41, 5.74) is 0.352. The second-order valence-electron chi connectivity index (χ2n) is 5.01. The molecule has 0 aliphatic rings. The number of carbonyl (C=O) groups is 2. The maximum Gasteiger partial charge on any atom is 0.355 e. The molecule has 22 heavy (non-hydrogen) atoms. The number of aromatic carboxylic acids is 1. The van der Waals surface area contributed by atoms with E-state index in [0.29, 0.717) is 11.3 Å². The van der Waals surface area contributed by atoms with Crippen LogP contribution in [-0.2, 0) is 0 Å². The van der Waals surface area contributed by atoms with Crippen molar-refractivity contribution in [2.45, 2.75) is 26.9 Å². The van der Waals surface area contributed by atoms with Gasteiger partial charge in [-0.15, -0.1) is 0 Å². The molecule has 1 aromatic carbocycles. The number of benzene rings is 1. The highest BCUT2D eigenvalue weighted by molar-refractivity contribution is 6.03. The molecular weight excluding hydrogens is 284 g/mol. The van der Waals surface area contributed by atoms with Crippen molar-refractivity contribution < 1.29 is 19.4 Å². The second-order valence-corrected chi connectivity index (χ2v) is 5.01. The first-order valence-electron chi connectivity index (χ1n) is 6.77. The number of rotatable bonds is 5. The largest absolute Gasteiger partial charge is 0.491 e. The molecule has 0 atom stereocenters. The van der Waals surface area contributed by atoms with Crippen LogP contribution in [0.15, 0.2) is 30.5 Å². The molecule has 0 fully saturated rings. The molecule has 0 aliphatic heterocycles. The highest BCUT2D eigenvalue weighted by Crippen LogP contribution is 2.21. The minimum atomic E-state index is -1.26. The van der Waals surface area contributed by atoms with Gasteiger partial charge in [0.15, 0.2) is 17.3 Å². The molecule has 2 rings (SSSR count). The van der Waals surface area contributed by atoms with Crippen LogP contribution in [0.2, 0.25) is 0 Å². The third-order valence-corrected chi connectivity index (χ3v) is 2.85. The standard InChI is InChI=1S/C16H16N2O4/c1-9(2)22-12-6-4-11(5-7-12)15-17-8-13(10(3)19)14(18-15)16(20)21/h4-9H,1-3H3,(H,20,21). The lowest BCUT2D eigenvalue weighted by Gasteiger charge is -2.10. The highest BCUT2D eigenvalue weighted by Gasteiger charge is 2.17. The monoisotopic (exact) mass is 300 g/mol. The Morgan fingerprint density at radius 3 is 2.32 bits per heavy atom. The van der Waals surface area contributed by atoms with E-state index >= 15 is 0 Å². The summed E-state index contributed by atoms with van der Waals surface area (Å²) in [6.45, 7) is 5.14. The average Bonchev–Trinajstić information content (AvgIpc) is 2.46. The first-order valence-corrected chi connectivity index (χ1v) is 6.77. The maximum atomic E-state index is 11.4. The second kappa shape index (κ2) is 6.34. The number of carboxylic acids is 1. The van der Waals surface area contributed by atoms with Crippen LogP contribution in [0.3, 0.4) is 0 Å². The molecular formula is C16H16N2O4. The molecule has 0 amide bonds. The molecule has 0 unspecified atom stereocenters. The average molecular weight is 300 g/mol. The third kappa shape index (κ3) is 3.46. The Bertz CT molecular complexity index is 709.